The van der Waals surface area contributed by atoms with Crippen LogP contribution in [0.2, 0.25) is 0 Å². The Kier molecular flexibility index (Phi) is 18.7. The molecule has 0 rings (SSSR count). The molecule has 0 aliphatic heterocycles. The van der Waals surface area contributed by atoms with E-state index in [4.69, 9.17) is 19.3 Å². The number of phosphoric ester groups is 1. The van der Waals surface area contributed by atoms with Crippen LogP contribution in [0.25, 0.3) is 0 Å². The van der Waals surface area contributed by atoms with Crippen molar-refractivity contribution in [1.82, 2.24) is 0 Å². The van der Waals surface area contributed by atoms with Crippen molar-refractivity contribution in [3.05, 3.63) is 12.2 Å². The second-order valence-electron chi connectivity index (χ2n) is 7.68. The molecule has 0 saturated carbocycles. The quantitative estimate of drug-likeness (QED) is 0.109. The van der Waals surface area contributed by atoms with Crippen molar-refractivity contribution in [2.24, 2.45) is 0 Å². The van der Waals surface area contributed by atoms with Gasteiger partial charge in [0.2, 0.25) is 0 Å². The first-order chi connectivity index (χ1) is 14.7. The topological polar surface area (TPSA) is 119 Å². The number of carbonyl (C=O) groups excluding carboxylic acids is 2. The molecule has 0 aromatic heterocycles. The number of unbranched alkanes of at least 4 members (excludes halogenated alkanes) is 10. The zero-order valence-corrected chi connectivity index (χ0v) is 20.0. The van der Waals surface area contributed by atoms with Crippen molar-refractivity contribution < 1.29 is 37.9 Å². The summed E-state index contributed by atoms with van der Waals surface area (Å²) in [7, 11) is -4.70. The van der Waals surface area contributed by atoms with E-state index in [1.165, 1.54) is 45.4 Å². The molecule has 0 spiro atoms. The number of phosphoric acid groups is 1. The van der Waals surface area contributed by atoms with E-state index in [1.807, 2.05) is 0 Å². The molecule has 0 heterocycles. The standard InChI is InChI=1S/C22H41O8P/c1-3-4-5-6-7-8-9-10-11-12-13-14-15-16-17-22(24)30-21(18-28-20(2)23)19-29-31(25,26)27/h9-10,21H,3-8,11-19H2,1-2H3,(H2,25,26,27)/b10-9-. The van der Waals surface area contributed by atoms with Gasteiger partial charge < -0.3 is 19.3 Å². The van der Waals surface area contributed by atoms with E-state index in [0.717, 1.165) is 32.1 Å². The number of esters is 2. The maximum Gasteiger partial charge on any atom is 0.469 e. The van der Waals surface area contributed by atoms with E-state index in [0.29, 0.717) is 6.42 Å². The predicted octanol–water partition coefficient (Wildman–Crippen LogP) is 5.22. The van der Waals surface area contributed by atoms with Crippen LogP contribution in [0.1, 0.15) is 97.3 Å². The number of allylic oxidation sites excluding steroid dienone is 2. The van der Waals surface area contributed by atoms with Gasteiger partial charge in [-0.2, -0.15) is 0 Å². The lowest BCUT2D eigenvalue weighted by Gasteiger charge is -2.18. The molecule has 9 heteroatoms. The number of carbonyl (C=O) groups is 2. The minimum absolute atomic E-state index is 0.199. The SMILES string of the molecule is CCCCCCC/C=C\CCCCCCCC(=O)OC(COC(C)=O)COP(=O)(O)O. The Balaban J connectivity index is 3.78. The van der Waals surface area contributed by atoms with Gasteiger partial charge in [0.25, 0.3) is 0 Å². The molecule has 1 unspecified atom stereocenters. The molecule has 0 bridgehead atoms. The van der Waals surface area contributed by atoms with Crippen molar-refractivity contribution >= 4 is 19.8 Å². The van der Waals surface area contributed by atoms with Crippen molar-refractivity contribution in [3.8, 4) is 0 Å². The van der Waals surface area contributed by atoms with Crippen LogP contribution in [-0.4, -0.2) is 41.0 Å². The van der Waals surface area contributed by atoms with Crippen LogP contribution in [-0.2, 0) is 28.2 Å². The van der Waals surface area contributed by atoms with Crippen molar-refractivity contribution in [2.75, 3.05) is 13.2 Å². The Morgan fingerprint density at radius 1 is 0.871 bits per heavy atom. The number of rotatable bonds is 20. The van der Waals surface area contributed by atoms with E-state index >= 15 is 0 Å². The summed E-state index contributed by atoms with van der Waals surface area (Å²) in [6.45, 7) is 2.56. The zero-order chi connectivity index (χ0) is 23.4. The summed E-state index contributed by atoms with van der Waals surface area (Å²) in [5.41, 5.74) is 0. The highest BCUT2D eigenvalue weighted by atomic mass is 31.2. The summed E-state index contributed by atoms with van der Waals surface area (Å²) in [4.78, 5) is 40.3. The fourth-order valence-electron chi connectivity index (χ4n) is 2.91. The fraction of sp³-hybridized carbons (Fsp3) is 0.818. The second kappa shape index (κ2) is 19.5. The summed E-state index contributed by atoms with van der Waals surface area (Å²) in [5.74, 6) is -1.09. The van der Waals surface area contributed by atoms with E-state index in [2.05, 4.69) is 23.6 Å². The molecule has 0 aromatic rings. The first-order valence-electron chi connectivity index (χ1n) is 11.4. The summed E-state index contributed by atoms with van der Waals surface area (Å²) < 4.78 is 25.0. The molecule has 0 aliphatic carbocycles. The van der Waals surface area contributed by atoms with E-state index in [-0.39, 0.29) is 13.0 Å². The number of ether oxygens (including phenoxy) is 2. The van der Waals surface area contributed by atoms with Gasteiger partial charge in [-0.05, 0) is 32.1 Å². The second-order valence-corrected chi connectivity index (χ2v) is 8.92. The molecule has 0 aliphatic rings. The van der Waals surface area contributed by atoms with Gasteiger partial charge in [-0.3, -0.25) is 14.1 Å². The predicted molar refractivity (Wildman–Crippen MR) is 119 cm³/mol. The van der Waals surface area contributed by atoms with E-state index < -0.39 is 32.5 Å². The van der Waals surface area contributed by atoms with Crippen molar-refractivity contribution in [3.63, 3.8) is 0 Å². The third-order valence-corrected chi connectivity index (χ3v) is 5.08. The Morgan fingerprint density at radius 3 is 1.97 bits per heavy atom. The first kappa shape index (κ1) is 29.8. The summed E-state index contributed by atoms with van der Waals surface area (Å²) in [5, 5.41) is 0. The highest BCUT2D eigenvalue weighted by molar-refractivity contribution is 7.46. The molecular formula is C22H41O8P. The van der Waals surface area contributed by atoms with Gasteiger partial charge in [-0.1, -0.05) is 64.0 Å². The third kappa shape index (κ3) is 23.3. The minimum Gasteiger partial charge on any atom is -0.462 e. The minimum atomic E-state index is -4.70. The van der Waals surface area contributed by atoms with Crippen LogP contribution in [0.3, 0.4) is 0 Å². The number of hydrogen-bond donors (Lipinski definition) is 2. The number of hydrogen-bond acceptors (Lipinski definition) is 6. The highest BCUT2D eigenvalue weighted by Gasteiger charge is 2.22. The average molecular weight is 465 g/mol. The molecule has 0 aromatic carbocycles. The zero-order valence-electron chi connectivity index (χ0n) is 19.1. The Labute approximate surface area is 187 Å². The molecule has 0 fully saturated rings. The Hall–Kier alpha value is -1.21. The molecule has 0 amide bonds. The van der Waals surface area contributed by atoms with Gasteiger partial charge in [0.05, 0.1) is 6.61 Å². The van der Waals surface area contributed by atoms with Crippen molar-refractivity contribution in [1.29, 1.82) is 0 Å². The van der Waals surface area contributed by atoms with Crippen LogP contribution in [0, 0.1) is 0 Å². The summed E-state index contributed by atoms with van der Waals surface area (Å²) in [6.07, 6.45) is 17.4. The lowest BCUT2D eigenvalue weighted by Crippen LogP contribution is -2.29. The third-order valence-electron chi connectivity index (χ3n) is 4.59. The van der Waals surface area contributed by atoms with Gasteiger partial charge in [-0.25, -0.2) is 4.57 Å². The van der Waals surface area contributed by atoms with E-state index in [1.54, 1.807) is 0 Å². The molecule has 2 N–H and O–H groups in total. The first-order valence-corrected chi connectivity index (χ1v) is 13.0. The lowest BCUT2D eigenvalue weighted by atomic mass is 10.1. The Morgan fingerprint density at radius 2 is 1.42 bits per heavy atom. The van der Waals surface area contributed by atoms with Crippen LogP contribution in [0.4, 0.5) is 0 Å². The van der Waals surface area contributed by atoms with E-state index in [9.17, 15) is 14.2 Å². The van der Waals surface area contributed by atoms with Gasteiger partial charge in [-0.15, -0.1) is 0 Å². The van der Waals surface area contributed by atoms with Crippen LogP contribution < -0.4 is 0 Å². The average Bonchev–Trinajstić information content (AvgIpc) is 2.69. The molecule has 182 valence electrons. The fourth-order valence-corrected chi connectivity index (χ4v) is 3.28. The smallest absolute Gasteiger partial charge is 0.462 e. The maximum atomic E-state index is 11.9. The normalized spacial score (nSPS) is 12.8. The Bertz CT molecular complexity index is 544. The van der Waals surface area contributed by atoms with Gasteiger partial charge in [0, 0.05) is 13.3 Å². The molecular weight excluding hydrogens is 423 g/mol. The highest BCUT2D eigenvalue weighted by Crippen LogP contribution is 2.35. The molecule has 8 nitrogen and oxygen atoms in total. The summed E-state index contributed by atoms with van der Waals surface area (Å²) in [6, 6.07) is 0. The molecule has 31 heavy (non-hydrogen) atoms. The molecule has 0 radical (unpaired) electrons. The largest absolute Gasteiger partial charge is 0.469 e. The van der Waals surface area contributed by atoms with Gasteiger partial charge in [0.1, 0.15) is 6.61 Å². The van der Waals surface area contributed by atoms with Crippen molar-refractivity contribution in [2.45, 2.75) is 103 Å². The molecule has 1 atom stereocenters. The van der Waals surface area contributed by atoms with Crippen LogP contribution in [0.5, 0.6) is 0 Å². The summed E-state index contributed by atoms with van der Waals surface area (Å²) >= 11 is 0. The maximum absolute atomic E-state index is 11.9. The monoisotopic (exact) mass is 464 g/mol. The molecule has 0 saturated heterocycles. The van der Waals surface area contributed by atoms with Crippen LogP contribution in [0.15, 0.2) is 12.2 Å². The lowest BCUT2D eigenvalue weighted by molar-refractivity contribution is -0.160. The van der Waals surface area contributed by atoms with Gasteiger partial charge >= 0.3 is 19.8 Å². The van der Waals surface area contributed by atoms with Crippen LogP contribution >= 0.6 is 7.82 Å². The van der Waals surface area contributed by atoms with Gasteiger partial charge in [0.15, 0.2) is 6.10 Å².